The quantitative estimate of drug-likeness (QED) is 0.602. The monoisotopic (exact) mass is 350 g/mol. The van der Waals surface area contributed by atoms with Gasteiger partial charge in [-0.05, 0) is 54.9 Å². The zero-order valence-corrected chi connectivity index (χ0v) is 15.1. The Morgan fingerprint density at radius 2 is 2.00 bits per heavy atom. The first-order valence-electron chi connectivity index (χ1n) is 9.29. The molecule has 0 aromatic rings. The first-order chi connectivity index (χ1) is 11.9. The SMILES string of the molecule is CC1C=CC2=C[C@H](C)CC[C@@H]2[C@H]1CC[C@@H]1C[C@@H](O)CC(=O)O1.O=CO. The minimum Gasteiger partial charge on any atom is -0.483 e. The van der Waals surface area contributed by atoms with Gasteiger partial charge in [0.25, 0.3) is 6.47 Å². The highest BCUT2D eigenvalue weighted by Gasteiger charge is 2.34. The van der Waals surface area contributed by atoms with Gasteiger partial charge in [0.2, 0.25) is 0 Å². The number of allylic oxidation sites excluding steroid dienone is 4. The normalized spacial score (nSPS) is 37.1. The van der Waals surface area contributed by atoms with E-state index in [0.717, 1.165) is 12.8 Å². The van der Waals surface area contributed by atoms with Gasteiger partial charge in [-0.3, -0.25) is 9.59 Å². The Morgan fingerprint density at radius 1 is 1.28 bits per heavy atom. The van der Waals surface area contributed by atoms with Crippen molar-refractivity contribution in [3.05, 3.63) is 23.8 Å². The molecule has 5 nitrogen and oxygen atoms in total. The molecule has 25 heavy (non-hydrogen) atoms. The Morgan fingerprint density at radius 3 is 2.68 bits per heavy atom. The van der Waals surface area contributed by atoms with E-state index in [9.17, 15) is 9.90 Å². The van der Waals surface area contributed by atoms with Gasteiger partial charge >= 0.3 is 5.97 Å². The maximum Gasteiger partial charge on any atom is 0.308 e. The van der Waals surface area contributed by atoms with E-state index in [2.05, 4.69) is 32.1 Å². The fourth-order valence-electron chi connectivity index (χ4n) is 4.44. The number of rotatable bonds is 3. The van der Waals surface area contributed by atoms with Gasteiger partial charge < -0.3 is 14.9 Å². The number of aliphatic hydroxyl groups is 1. The Balaban J connectivity index is 0.000000701. The maximum atomic E-state index is 11.5. The van der Waals surface area contributed by atoms with E-state index < -0.39 is 6.10 Å². The van der Waals surface area contributed by atoms with Crippen LogP contribution in [0.15, 0.2) is 23.8 Å². The van der Waals surface area contributed by atoms with Crippen molar-refractivity contribution in [1.82, 2.24) is 0 Å². The second-order valence-corrected chi connectivity index (χ2v) is 7.60. The third-order valence-corrected chi connectivity index (χ3v) is 5.68. The van der Waals surface area contributed by atoms with Crippen LogP contribution in [0.3, 0.4) is 0 Å². The van der Waals surface area contributed by atoms with Crippen molar-refractivity contribution in [3.8, 4) is 0 Å². The molecule has 0 bridgehead atoms. The summed E-state index contributed by atoms with van der Waals surface area (Å²) in [5.74, 6) is 2.34. The third kappa shape index (κ3) is 5.43. The van der Waals surface area contributed by atoms with Gasteiger partial charge in [-0.25, -0.2) is 0 Å². The summed E-state index contributed by atoms with van der Waals surface area (Å²) >= 11 is 0. The first kappa shape index (κ1) is 19.7. The Bertz CT molecular complexity index is 524. The van der Waals surface area contributed by atoms with Gasteiger partial charge in [0.05, 0.1) is 12.5 Å². The average Bonchev–Trinajstić information content (AvgIpc) is 2.54. The van der Waals surface area contributed by atoms with Crippen molar-refractivity contribution in [2.75, 3.05) is 0 Å². The van der Waals surface area contributed by atoms with Gasteiger partial charge in [-0.1, -0.05) is 32.1 Å². The molecule has 0 aromatic heterocycles. The van der Waals surface area contributed by atoms with Crippen LogP contribution in [-0.2, 0) is 14.3 Å². The fourth-order valence-corrected chi connectivity index (χ4v) is 4.44. The van der Waals surface area contributed by atoms with E-state index in [1.54, 1.807) is 0 Å². The van der Waals surface area contributed by atoms with Gasteiger partial charge in [0.1, 0.15) is 6.10 Å². The molecule has 5 heteroatoms. The lowest BCUT2D eigenvalue weighted by molar-refractivity contribution is -0.160. The molecule has 0 amide bonds. The van der Waals surface area contributed by atoms with Gasteiger partial charge in [0.15, 0.2) is 0 Å². The number of hydrogen-bond acceptors (Lipinski definition) is 4. The van der Waals surface area contributed by atoms with Crippen molar-refractivity contribution in [2.45, 2.75) is 64.6 Å². The van der Waals surface area contributed by atoms with E-state index in [1.807, 2.05) is 0 Å². The fraction of sp³-hybridized carbons (Fsp3) is 0.700. The van der Waals surface area contributed by atoms with Gasteiger partial charge in [0, 0.05) is 6.42 Å². The average molecular weight is 350 g/mol. The van der Waals surface area contributed by atoms with E-state index in [1.165, 1.54) is 18.4 Å². The molecule has 2 N–H and O–H groups in total. The standard InChI is InChI=1S/C19H28O3.CH2O2/c1-12-3-7-18-14(9-12)5-4-13(2)17(18)8-6-16-10-15(20)11-19(21)22-16;2-1-3/h4-5,9,12-13,15-18,20H,3,6-8,10-11H2,1-2H3;1H,(H,2,3)/t12-,13?,15-,16-,17+,18+;/m1./s1. The molecule has 1 aliphatic heterocycles. The molecule has 0 aromatic carbocycles. The zero-order chi connectivity index (χ0) is 18.4. The molecule has 6 atom stereocenters. The number of aliphatic hydroxyl groups excluding tert-OH is 1. The smallest absolute Gasteiger partial charge is 0.308 e. The molecular weight excluding hydrogens is 320 g/mol. The summed E-state index contributed by atoms with van der Waals surface area (Å²) in [5.41, 5.74) is 1.52. The molecule has 1 fully saturated rings. The predicted molar refractivity (Wildman–Crippen MR) is 94.8 cm³/mol. The van der Waals surface area contributed by atoms with Crippen molar-refractivity contribution < 1.29 is 24.5 Å². The highest BCUT2D eigenvalue weighted by molar-refractivity contribution is 5.70. The second-order valence-electron chi connectivity index (χ2n) is 7.60. The van der Waals surface area contributed by atoms with E-state index in [4.69, 9.17) is 14.6 Å². The topological polar surface area (TPSA) is 83.8 Å². The molecule has 2 aliphatic carbocycles. The van der Waals surface area contributed by atoms with E-state index in [0.29, 0.717) is 30.1 Å². The molecular formula is C20H30O5. The highest BCUT2D eigenvalue weighted by atomic mass is 16.5. The van der Waals surface area contributed by atoms with Crippen molar-refractivity contribution >= 4 is 12.4 Å². The molecule has 0 radical (unpaired) electrons. The first-order valence-corrected chi connectivity index (χ1v) is 9.29. The summed E-state index contributed by atoms with van der Waals surface area (Å²) in [6.07, 6.45) is 11.8. The summed E-state index contributed by atoms with van der Waals surface area (Å²) in [5, 5.41) is 16.6. The molecule has 0 spiro atoms. The number of ether oxygens (including phenoxy) is 1. The van der Waals surface area contributed by atoms with Crippen LogP contribution in [-0.4, -0.2) is 34.9 Å². The number of carboxylic acid groups (broad SMARTS) is 1. The minimum atomic E-state index is -0.513. The van der Waals surface area contributed by atoms with Crippen LogP contribution in [0.1, 0.15) is 52.4 Å². The van der Waals surface area contributed by atoms with Crippen LogP contribution in [0.5, 0.6) is 0 Å². The van der Waals surface area contributed by atoms with Crippen LogP contribution in [0.4, 0.5) is 0 Å². The number of esters is 1. The number of hydrogen-bond donors (Lipinski definition) is 2. The summed E-state index contributed by atoms with van der Waals surface area (Å²) in [4.78, 5) is 19.8. The lowest BCUT2D eigenvalue weighted by Gasteiger charge is -2.39. The van der Waals surface area contributed by atoms with Crippen LogP contribution >= 0.6 is 0 Å². The highest BCUT2D eigenvalue weighted by Crippen LogP contribution is 2.43. The number of fused-ring (bicyclic) bond motifs is 1. The van der Waals surface area contributed by atoms with Crippen LogP contribution in [0, 0.1) is 23.7 Å². The van der Waals surface area contributed by atoms with Gasteiger partial charge in [-0.15, -0.1) is 0 Å². The predicted octanol–water partition coefficient (Wildman–Crippen LogP) is 3.33. The Kier molecular flexibility index (Phi) is 7.24. The molecule has 3 rings (SSSR count). The van der Waals surface area contributed by atoms with E-state index >= 15 is 0 Å². The molecule has 0 saturated carbocycles. The second kappa shape index (κ2) is 9.18. The van der Waals surface area contributed by atoms with Crippen LogP contribution in [0.2, 0.25) is 0 Å². The summed E-state index contributed by atoms with van der Waals surface area (Å²) in [6, 6.07) is 0. The molecule has 1 unspecified atom stereocenters. The largest absolute Gasteiger partial charge is 0.483 e. The number of carbonyl (C=O) groups excluding carboxylic acids is 1. The number of carbonyl (C=O) groups is 2. The molecule has 1 heterocycles. The lowest BCUT2D eigenvalue weighted by atomic mass is 9.66. The maximum absolute atomic E-state index is 11.5. The third-order valence-electron chi connectivity index (χ3n) is 5.68. The summed E-state index contributed by atoms with van der Waals surface area (Å²) < 4.78 is 5.40. The Labute approximate surface area is 149 Å². The van der Waals surface area contributed by atoms with Gasteiger partial charge in [-0.2, -0.15) is 0 Å². The minimum absolute atomic E-state index is 0.0932. The van der Waals surface area contributed by atoms with Crippen LogP contribution < -0.4 is 0 Å². The summed E-state index contributed by atoms with van der Waals surface area (Å²) in [7, 11) is 0. The van der Waals surface area contributed by atoms with E-state index in [-0.39, 0.29) is 25.0 Å². The summed E-state index contributed by atoms with van der Waals surface area (Å²) in [6.45, 7) is 4.35. The lowest BCUT2D eigenvalue weighted by Crippen LogP contribution is -2.34. The van der Waals surface area contributed by atoms with Crippen molar-refractivity contribution in [2.24, 2.45) is 23.7 Å². The molecule has 140 valence electrons. The zero-order valence-electron chi connectivity index (χ0n) is 15.1. The van der Waals surface area contributed by atoms with Crippen molar-refractivity contribution in [1.29, 1.82) is 0 Å². The van der Waals surface area contributed by atoms with Crippen LogP contribution in [0.25, 0.3) is 0 Å². The number of cyclic esters (lactones) is 1. The Hall–Kier alpha value is -1.62. The molecule has 3 aliphatic rings. The molecule has 1 saturated heterocycles. The van der Waals surface area contributed by atoms with Crippen molar-refractivity contribution in [3.63, 3.8) is 0 Å².